The van der Waals surface area contributed by atoms with Gasteiger partial charge in [-0.15, -0.1) is 0 Å². The fraction of sp³-hybridized carbons (Fsp3) is 0.632. The molecular formula is C19H30O. The van der Waals surface area contributed by atoms with E-state index in [1.807, 2.05) is 0 Å². The van der Waals surface area contributed by atoms with Crippen LogP contribution in [-0.4, -0.2) is 5.78 Å². The maximum Gasteiger partial charge on any atom is 0.137 e. The van der Waals surface area contributed by atoms with E-state index < -0.39 is 0 Å². The van der Waals surface area contributed by atoms with Crippen molar-refractivity contribution in [2.24, 2.45) is 0 Å². The van der Waals surface area contributed by atoms with Crippen molar-refractivity contribution < 1.29 is 4.79 Å². The van der Waals surface area contributed by atoms with Crippen LogP contribution in [0.3, 0.4) is 0 Å². The molecule has 1 heteroatoms. The van der Waals surface area contributed by atoms with Gasteiger partial charge in [-0.05, 0) is 47.9 Å². The highest BCUT2D eigenvalue weighted by Crippen LogP contribution is 2.27. The highest BCUT2D eigenvalue weighted by atomic mass is 16.1. The molecule has 0 N–H and O–H groups in total. The van der Waals surface area contributed by atoms with E-state index in [9.17, 15) is 4.79 Å². The third-order valence-electron chi connectivity index (χ3n) is 4.00. The quantitative estimate of drug-likeness (QED) is 0.644. The number of Topliss-reactive ketones (excluding diaryl/α,β-unsaturated/α-hetero) is 1. The minimum absolute atomic E-state index is 0.166. The van der Waals surface area contributed by atoms with Gasteiger partial charge in [-0.25, -0.2) is 0 Å². The monoisotopic (exact) mass is 274 g/mol. The summed E-state index contributed by atoms with van der Waals surface area (Å²) >= 11 is 0. The Balaban J connectivity index is 2.84. The second kappa shape index (κ2) is 7.06. The summed E-state index contributed by atoms with van der Waals surface area (Å²) in [6.45, 7) is 13.1. The second-order valence-corrected chi connectivity index (χ2v) is 7.01. The molecule has 0 aliphatic heterocycles. The molecule has 0 fully saturated rings. The smallest absolute Gasteiger partial charge is 0.137 e. The van der Waals surface area contributed by atoms with Crippen molar-refractivity contribution in [1.82, 2.24) is 0 Å². The van der Waals surface area contributed by atoms with Crippen LogP contribution in [0, 0.1) is 13.8 Å². The van der Waals surface area contributed by atoms with Crippen LogP contribution in [0.25, 0.3) is 0 Å². The summed E-state index contributed by atoms with van der Waals surface area (Å²) in [5, 5.41) is 0. The first kappa shape index (κ1) is 16.9. The van der Waals surface area contributed by atoms with Crippen molar-refractivity contribution in [3.05, 3.63) is 34.4 Å². The Morgan fingerprint density at radius 1 is 1.05 bits per heavy atom. The van der Waals surface area contributed by atoms with Crippen molar-refractivity contribution in [2.45, 2.75) is 79.1 Å². The van der Waals surface area contributed by atoms with Gasteiger partial charge in [0, 0.05) is 12.8 Å². The number of carbonyl (C=O) groups is 1. The van der Waals surface area contributed by atoms with Gasteiger partial charge in [0.2, 0.25) is 0 Å². The van der Waals surface area contributed by atoms with Gasteiger partial charge in [0.25, 0.3) is 0 Å². The van der Waals surface area contributed by atoms with Gasteiger partial charge in [-0.3, -0.25) is 4.79 Å². The van der Waals surface area contributed by atoms with E-state index in [-0.39, 0.29) is 5.41 Å². The summed E-state index contributed by atoms with van der Waals surface area (Å²) < 4.78 is 0. The highest BCUT2D eigenvalue weighted by Gasteiger charge is 2.17. The van der Waals surface area contributed by atoms with Crippen LogP contribution in [0.1, 0.15) is 75.6 Å². The zero-order chi connectivity index (χ0) is 15.3. The van der Waals surface area contributed by atoms with Crippen molar-refractivity contribution in [2.75, 3.05) is 0 Å². The molecule has 0 saturated carbocycles. The molecule has 0 atom stereocenters. The van der Waals surface area contributed by atoms with Crippen LogP contribution in [-0.2, 0) is 16.6 Å². The number of hydrogen-bond acceptors (Lipinski definition) is 1. The second-order valence-electron chi connectivity index (χ2n) is 7.01. The Morgan fingerprint density at radius 3 is 2.05 bits per heavy atom. The van der Waals surface area contributed by atoms with E-state index >= 15 is 0 Å². The van der Waals surface area contributed by atoms with Gasteiger partial charge >= 0.3 is 0 Å². The molecule has 0 bridgehead atoms. The van der Waals surface area contributed by atoms with Gasteiger partial charge in [-0.2, -0.15) is 0 Å². The molecule has 1 aromatic rings. The first-order valence-electron chi connectivity index (χ1n) is 7.88. The largest absolute Gasteiger partial charge is 0.299 e. The summed E-state index contributed by atoms with van der Waals surface area (Å²) in [4.78, 5) is 12.1. The summed E-state index contributed by atoms with van der Waals surface area (Å²) in [7, 11) is 0. The third kappa shape index (κ3) is 4.77. The number of carbonyl (C=O) groups excluding carboxylic acids is 1. The molecule has 0 aromatic heterocycles. The van der Waals surface area contributed by atoms with Crippen molar-refractivity contribution in [1.29, 1.82) is 0 Å². The summed E-state index contributed by atoms with van der Waals surface area (Å²) in [5.41, 5.74) is 5.28. The average molecular weight is 274 g/mol. The van der Waals surface area contributed by atoms with Gasteiger partial charge in [0.05, 0.1) is 0 Å². The van der Waals surface area contributed by atoms with Crippen LogP contribution in [0.4, 0.5) is 0 Å². The van der Waals surface area contributed by atoms with E-state index in [1.54, 1.807) is 0 Å². The maximum absolute atomic E-state index is 12.1. The first-order chi connectivity index (χ1) is 9.25. The number of aryl methyl sites for hydroxylation is 2. The minimum atomic E-state index is 0.166. The number of benzene rings is 1. The molecule has 0 heterocycles. The Morgan fingerprint density at radius 2 is 1.60 bits per heavy atom. The van der Waals surface area contributed by atoms with Gasteiger partial charge in [0.15, 0.2) is 0 Å². The number of rotatable bonds is 6. The van der Waals surface area contributed by atoms with E-state index in [1.165, 1.54) is 28.7 Å². The minimum Gasteiger partial charge on any atom is -0.299 e. The molecule has 0 aliphatic carbocycles. The normalized spacial score (nSPS) is 11.7. The van der Waals surface area contributed by atoms with Crippen molar-refractivity contribution in [3.8, 4) is 0 Å². The fourth-order valence-electron chi connectivity index (χ4n) is 2.56. The SMILES string of the molecule is CCCCCC(=O)Cc1c(C)cc(C(C)(C)C)cc1C. The summed E-state index contributed by atoms with van der Waals surface area (Å²) in [6.07, 6.45) is 4.70. The van der Waals surface area contributed by atoms with Gasteiger partial charge in [-0.1, -0.05) is 52.7 Å². The Kier molecular flexibility index (Phi) is 5.98. The molecule has 0 radical (unpaired) electrons. The van der Waals surface area contributed by atoms with Crippen molar-refractivity contribution >= 4 is 5.78 Å². The van der Waals surface area contributed by atoms with Crippen LogP contribution in [0.2, 0.25) is 0 Å². The molecule has 1 aromatic carbocycles. The lowest BCUT2D eigenvalue weighted by molar-refractivity contribution is -0.118. The van der Waals surface area contributed by atoms with E-state index in [4.69, 9.17) is 0 Å². The fourth-order valence-corrected chi connectivity index (χ4v) is 2.56. The Labute approximate surface area is 124 Å². The lowest BCUT2D eigenvalue weighted by Gasteiger charge is -2.22. The maximum atomic E-state index is 12.1. The third-order valence-corrected chi connectivity index (χ3v) is 4.00. The number of hydrogen-bond donors (Lipinski definition) is 0. The lowest BCUT2D eigenvalue weighted by Crippen LogP contribution is -2.13. The predicted octanol–water partition coefficient (Wildman–Crippen LogP) is 5.29. The van der Waals surface area contributed by atoms with Crippen molar-refractivity contribution in [3.63, 3.8) is 0 Å². The first-order valence-corrected chi connectivity index (χ1v) is 7.88. The molecule has 0 aliphatic rings. The molecular weight excluding hydrogens is 244 g/mol. The standard InChI is InChI=1S/C19H30O/c1-7-8-9-10-17(20)13-18-14(2)11-16(12-15(18)3)19(4,5)6/h11-12H,7-10,13H2,1-6H3. The summed E-state index contributed by atoms with van der Waals surface area (Å²) in [5.74, 6) is 0.383. The molecule has 1 rings (SSSR count). The van der Waals surface area contributed by atoms with Crippen LogP contribution < -0.4 is 0 Å². The Hall–Kier alpha value is -1.11. The van der Waals surface area contributed by atoms with Gasteiger partial charge in [0.1, 0.15) is 5.78 Å². The molecule has 0 unspecified atom stereocenters. The lowest BCUT2D eigenvalue weighted by atomic mass is 9.83. The number of ketones is 1. The highest BCUT2D eigenvalue weighted by molar-refractivity contribution is 5.81. The van der Waals surface area contributed by atoms with Crippen LogP contribution in [0.5, 0.6) is 0 Å². The van der Waals surface area contributed by atoms with E-state index in [0.29, 0.717) is 12.2 Å². The molecule has 112 valence electrons. The van der Waals surface area contributed by atoms with Gasteiger partial charge < -0.3 is 0 Å². The number of unbranched alkanes of at least 4 members (excludes halogenated alkanes) is 2. The molecule has 0 amide bonds. The van der Waals surface area contributed by atoms with E-state index in [2.05, 4.69) is 53.7 Å². The molecule has 0 saturated heterocycles. The Bertz CT molecular complexity index is 440. The predicted molar refractivity (Wildman–Crippen MR) is 87.5 cm³/mol. The molecule has 1 nitrogen and oxygen atoms in total. The summed E-state index contributed by atoms with van der Waals surface area (Å²) in [6, 6.07) is 4.50. The molecule has 0 spiro atoms. The topological polar surface area (TPSA) is 17.1 Å². The van der Waals surface area contributed by atoms with Crippen LogP contribution >= 0.6 is 0 Å². The zero-order valence-electron chi connectivity index (χ0n) is 14.1. The van der Waals surface area contributed by atoms with E-state index in [0.717, 1.165) is 19.3 Å². The zero-order valence-corrected chi connectivity index (χ0v) is 14.1. The van der Waals surface area contributed by atoms with Crippen LogP contribution in [0.15, 0.2) is 12.1 Å². The average Bonchev–Trinajstić information content (AvgIpc) is 2.32. The molecule has 20 heavy (non-hydrogen) atoms.